The van der Waals surface area contributed by atoms with Crippen LogP contribution in [-0.2, 0) is 0 Å². The largest absolute Gasteiger partial charge is 0.143 e. The number of hydrogen-bond acceptors (Lipinski definition) is 1. The van der Waals surface area contributed by atoms with Gasteiger partial charge in [0.15, 0.2) is 0 Å². The molecule has 2 aromatic rings. The van der Waals surface area contributed by atoms with E-state index in [1.165, 1.54) is 42.4 Å². The second kappa shape index (κ2) is 6.05. The Balaban J connectivity index is 1.80. The van der Waals surface area contributed by atoms with Crippen LogP contribution in [0.5, 0.6) is 0 Å². The molecule has 0 amide bonds. The molecular weight excluding hydrogens is 260 g/mol. The molecule has 20 heavy (non-hydrogen) atoms. The highest BCUT2D eigenvalue weighted by Crippen LogP contribution is 2.37. The van der Waals surface area contributed by atoms with E-state index >= 15 is 0 Å². The van der Waals surface area contributed by atoms with Gasteiger partial charge in [0.1, 0.15) is 0 Å². The Bertz CT molecular complexity index is 570. The molecule has 0 N–H and O–H groups in total. The smallest absolute Gasteiger partial charge is 0.0121 e. The zero-order valence-corrected chi connectivity index (χ0v) is 12.9. The van der Waals surface area contributed by atoms with E-state index in [1.807, 2.05) is 0 Å². The molecule has 1 saturated carbocycles. The predicted octanol–water partition coefficient (Wildman–Crippen LogP) is 5.94. The first-order valence-corrected chi connectivity index (χ1v) is 8.07. The summed E-state index contributed by atoms with van der Waals surface area (Å²) < 4.78 is 0. The summed E-state index contributed by atoms with van der Waals surface area (Å²) in [5.74, 6) is 1.61. The normalized spacial score (nSPS) is 16.7. The van der Waals surface area contributed by atoms with E-state index < -0.39 is 0 Å². The maximum absolute atomic E-state index is 4.70. The Labute approximate surface area is 127 Å². The minimum Gasteiger partial charge on any atom is -0.143 e. The summed E-state index contributed by atoms with van der Waals surface area (Å²) >= 11 is 4.70. The number of rotatable bonds is 4. The lowest BCUT2D eigenvalue weighted by molar-refractivity contribution is 0.280. The monoisotopic (exact) mass is 282 g/mol. The molecule has 0 aromatic heterocycles. The molecule has 0 aliphatic heterocycles. The van der Waals surface area contributed by atoms with Crippen molar-refractivity contribution in [3.05, 3.63) is 54.1 Å². The maximum atomic E-state index is 4.70. The molecular formula is C19H22S. The molecule has 1 aliphatic rings. The number of thiol groups is 1. The summed E-state index contributed by atoms with van der Waals surface area (Å²) in [6.45, 7) is 2.35. The minimum atomic E-state index is 0.649. The van der Waals surface area contributed by atoms with E-state index in [2.05, 4.69) is 55.5 Å². The lowest BCUT2D eigenvalue weighted by Crippen LogP contribution is -2.13. The van der Waals surface area contributed by atoms with Gasteiger partial charge in [-0.05, 0) is 41.0 Å². The van der Waals surface area contributed by atoms with Crippen LogP contribution in [0.2, 0.25) is 0 Å². The van der Waals surface area contributed by atoms with Gasteiger partial charge in [-0.1, -0.05) is 68.7 Å². The summed E-state index contributed by atoms with van der Waals surface area (Å²) in [7, 11) is 0. The third-order valence-electron chi connectivity index (χ3n) is 4.59. The Morgan fingerprint density at radius 3 is 2.45 bits per heavy atom. The van der Waals surface area contributed by atoms with E-state index in [9.17, 15) is 0 Å². The number of hydrogen-bond donors (Lipinski definition) is 1. The van der Waals surface area contributed by atoms with Crippen LogP contribution in [0.15, 0.2) is 53.4 Å². The van der Waals surface area contributed by atoms with Crippen LogP contribution in [0, 0.1) is 5.92 Å². The molecule has 0 radical (unpaired) electrons. The van der Waals surface area contributed by atoms with Crippen LogP contribution in [0.1, 0.15) is 44.1 Å². The van der Waals surface area contributed by atoms with Gasteiger partial charge in [0, 0.05) is 4.90 Å². The highest BCUT2D eigenvalue weighted by Gasteiger charge is 2.21. The van der Waals surface area contributed by atoms with Crippen molar-refractivity contribution in [3.63, 3.8) is 0 Å². The van der Waals surface area contributed by atoms with E-state index in [1.54, 1.807) is 0 Å². The van der Waals surface area contributed by atoms with Gasteiger partial charge in [0.25, 0.3) is 0 Å². The Morgan fingerprint density at radius 2 is 1.85 bits per heavy atom. The lowest BCUT2D eigenvalue weighted by Gasteiger charge is -2.28. The quantitative estimate of drug-likeness (QED) is 0.659. The molecule has 1 fully saturated rings. The van der Waals surface area contributed by atoms with E-state index in [0.717, 1.165) is 10.8 Å². The van der Waals surface area contributed by atoms with E-state index in [4.69, 9.17) is 12.6 Å². The summed E-state index contributed by atoms with van der Waals surface area (Å²) in [6, 6.07) is 17.3. The molecule has 0 nitrogen and oxygen atoms in total. The second-order valence-electron chi connectivity index (χ2n) is 6.08. The van der Waals surface area contributed by atoms with Crippen molar-refractivity contribution in [3.8, 4) is 11.1 Å². The molecule has 1 atom stereocenters. The molecule has 104 valence electrons. The van der Waals surface area contributed by atoms with Crippen molar-refractivity contribution in [1.82, 2.24) is 0 Å². The zero-order valence-electron chi connectivity index (χ0n) is 12.0. The van der Waals surface area contributed by atoms with E-state index in [-0.39, 0.29) is 0 Å². The van der Waals surface area contributed by atoms with Gasteiger partial charge in [0.2, 0.25) is 0 Å². The summed E-state index contributed by atoms with van der Waals surface area (Å²) in [6.07, 6.45) is 5.63. The fourth-order valence-corrected chi connectivity index (χ4v) is 3.43. The Morgan fingerprint density at radius 1 is 1.10 bits per heavy atom. The third kappa shape index (κ3) is 2.93. The number of benzene rings is 2. The topological polar surface area (TPSA) is 0 Å². The van der Waals surface area contributed by atoms with Crippen LogP contribution in [0.4, 0.5) is 0 Å². The third-order valence-corrected chi connectivity index (χ3v) is 4.96. The molecule has 0 spiro atoms. The van der Waals surface area contributed by atoms with Crippen LogP contribution >= 0.6 is 12.6 Å². The molecule has 1 aliphatic carbocycles. The maximum Gasteiger partial charge on any atom is 0.0121 e. The molecule has 0 bridgehead atoms. The van der Waals surface area contributed by atoms with Gasteiger partial charge in [-0.15, -0.1) is 12.6 Å². The zero-order chi connectivity index (χ0) is 13.9. The van der Waals surface area contributed by atoms with Gasteiger partial charge in [-0.2, -0.15) is 0 Å². The standard InChI is InChI=1S/C19H22S/c1-14(12-15-6-5-7-15)17-10-11-18(19(20)13-17)16-8-3-2-4-9-16/h2-4,8-11,13-15,20H,5-7,12H2,1H3. The van der Waals surface area contributed by atoms with Gasteiger partial charge >= 0.3 is 0 Å². The van der Waals surface area contributed by atoms with Gasteiger partial charge in [-0.25, -0.2) is 0 Å². The fourth-order valence-electron chi connectivity index (χ4n) is 3.08. The average molecular weight is 282 g/mol. The lowest BCUT2D eigenvalue weighted by atomic mass is 9.78. The Hall–Kier alpha value is -1.21. The summed E-state index contributed by atoms with van der Waals surface area (Å²) in [5.41, 5.74) is 3.91. The molecule has 1 heteroatoms. The van der Waals surface area contributed by atoms with Crippen LogP contribution < -0.4 is 0 Å². The summed E-state index contributed by atoms with van der Waals surface area (Å²) in [5, 5.41) is 0. The second-order valence-corrected chi connectivity index (χ2v) is 6.56. The van der Waals surface area contributed by atoms with Crippen molar-refractivity contribution in [2.24, 2.45) is 5.92 Å². The molecule has 3 rings (SSSR count). The summed E-state index contributed by atoms with van der Waals surface area (Å²) in [4.78, 5) is 1.09. The van der Waals surface area contributed by atoms with Crippen molar-refractivity contribution < 1.29 is 0 Å². The van der Waals surface area contributed by atoms with Crippen molar-refractivity contribution >= 4 is 12.6 Å². The van der Waals surface area contributed by atoms with Crippen LogP contribution in [0.3, 0.4) is 0 Å². The first kappa shape index (κ1) is 13.8. The first-order valence-electron chi connectivity index (χ1n) is 7.62. The molecule has 1 unspecified atom stereocenters. The molecule has 0 saturated heterocycles. The van der Waals surface area contributed by atoms with Crippen molar-refractivity contribution in [2.75, 3.05) is 0 Å². The molecule has 0 heterocycles. The highest BCUT2D eigenvalue weighted by atomic mass is 32.1. The predicted molar refractivity (Wildman–Crippen MR) is 89.5 cm³/mol. The Kier molecular flexibility index (Phi) is 4.16. The van der Waals surface area contributed by atoms with Crippen molar-refractivity contribution in [1.29, 1.82) is 0 Å². The van der Waals surface area contributed by atoms with Gasteiger partial charge < -0.3 is 0 Å². The van der Waals surface area contributed by atoms with Crippen molar-refractivity contribution in [2.45, 2.75) is 43.4 Å². The van der Waals surface area contributed by atoms with Gasteiger partial charge in [-0.3, -0.25) is 0 Å². The highest BCUT2D eigenvalue weighted by molar-refractivity contribution is 7.80. The van der Waals surface area contributed by atoms with Crippen LogP contribution in [-0.4, -0.2) is 0 Å². The molecule has 2 aromatic carbocycles. The first-order chi connectivity index (χ1) is 9.74. The SMILES string of the molecule is CC(CC1CCC1)c1ccc(-c2ccccc2)c(S)c1. The van der Waals surface area contributed by atoms with Crippen LogP contribution in [0.25, 0.3) is 11.1 Å². The van der Waals surface area contributed by atoms with E-state index in [0.29, 0.717) is 5.92 Å². The average Bonchev–Trinajstić information content (AvgIpc) is 2.43. The van der Waals surface area contributed by atoms with Gasteiger partial charge in [0.05, 0.1) is 0 Å². The minimum absolute atomic E-state index is 0.649. The fraction of sp³-hybridized carbons (Fsp3) is 0.368.